The molecule has 2 rings (SSSR count). The van der Waals surface area contributed by atoms with E-state index in [1.54, 1.807) is 6.26 Å². The molecule has 0 aliphatic carbocycles. The van der Waals surface area contributed by atoms with Gasteiger partial charge in [-0.2, -0.15) is 0 Å². The maximum atomic E-state index is 6.11. The van der Waals surface area contributed by atoms with Crippen molar-refractivity contribution in [2.45, 2.75) is 11.2 Å². The highest BCUT2D eigenvalue weighted by Gasteiger charge is 2.15. The van der Waals surface area contributed by atoms with Crippen molar-refractivity contribution in [3.63, 3.8) is 0 Å². The van der Waals surface area contributed by atoms with Crippen molar-refractivity contribution in [3.05, 3.63) is 57.4 Å². The zero-order chi connectivity index (χ0) is 11.5. The van der Waals surface area contributed by atoms with E-state index >= 15 is 0 Å². The van der Waals surface area contributed by atoms with E-state index in [0.29, 0.717) is 0 Å². The molecule has 0 N–H and O–H groups in total. The van der Waals surface area contributed by atoms with Crippen molar-refractivity contribution in [3.8, 4) is 0 Å². The molecule has 2 aromatic rings. The topological polar surface area (TPSA) is 13.1 Å². The number of furan rings is 1. The Balaban J connectivity index is 2.17. The number of alkyl halides is 1. The zero-order valence-corrected chi connectivity index (χ0v) is 12.2. The molecule has 0 saturated heterocycles. The van der Waals surface area contributed by atoms with Gasteiger partial charge in [-0.25, -0.2) is 0 Å². The lowest BCUT2D eigenvalue weighted by atomic mass is 10.1. The summed E-state index contributed by atoms with van der Waals surface area (Å²) in [5.41, 5.74) is 2.22. The third-order valence-corrected chi connectivity index (χ3v) is 4.17. The molecule has 4 heteroatoms. The summed E-state index contributed by atoms with van der Waals surface area (Å²) in [5, 5.41) is 0.798. The van der Waals surface area contributed by atoms with Crippen molar-refractivity contribution in [1.29, 1.82) is 0 Å². The van der Waals surface area contributed by atoms with Gasteiger partial charge in [0.15, 0.2) is 4.67 Å². The summed E-state index contributed by atoms with van der Waals surface area (Å²) in [6.07, 6.45) is 2.50. The fourth-order valence-corrected chi connectivity index (χ4v) is 3.24. The highest BCUT2D eigenvalue weighted by atomic mass is 79.9. The minimum Gasteiger partial charge on any atom is -0.457 e. The van der Waals surface area contributed by atoms with Crippen LogP contribution in [0.5, 0.6) is 0 Å². The third-order valence-electron chi connectivity index (χ3n) is 2.34. The van der Waals surface area contributed by atoms with Crippen LogP contribution in [0.1, 0.15) is 16.0 Å². The van der Waals surface area contributed by atoms with Crippen molar-refractivity contribution < 1.29 is 4.42 Å². The van der Waals surface area contributed by atoms with E-state index in [9.17, 15) is 0 Å². The molecule has 0 amide bonds. The first-order chi connectivity index (χ1) is 7.68. The summed E-state index contributed by atoms with van der Waals surface area (Å²) >= 11 is 13.1. The Hall–Kier alpha value is -0.250. The smallest absolute Gasteiger partial charge is 0.173 e. The molecule has 0 aliphatic heterocycles. The van der Waals surface area contributed by atoms with Gasteiger partial charge in [0.1, 0.15) is 0 Å². The fourth-order valence-electron chi connectivity index (χ4n) is 1.50. The standard InChI is InChI=1S/C12H9Br2ClO/c13-10(9-5-6-16-12(9)14)7-8-3-1-2-4-11(8)15/h1-6,10H,7H2. The lowest BCUT2D eigenvalue weighted by Crippen LogP contribution is -1.95. The van der Waals surface area contributed by atoms with Crippen LogP contribution in [0, 0.1) is 0 Å². The molecule has 1 aromatic carbocycles. The molecule has 1 heterocycles. The Bertz CT molecular complexity index is 481. The minimum absolute atomic E-state index is 0.195. The van der Waals surface area contributed by atoms with Gasteiger partial charge < -0.3 is 4.42 Å². The average molecular weight is 364 g/mol. The monoisotopic (exact) mass is 362 g/mol. The molecule has 0 radical (unpaired) electrons. The molecule has 0 bridgehead atoms. The van der Waals surface area contributed by atoms with E-state index in [0.717, 1.165) is 27.2 Å². The van der Waals surface area contributed by atoms with E-state index in [-0.39, 0.29) is 4.83 Å². The molecule has 1 aromatic heterocycles. The predicted molar refractivity (Wildman–Crippen MR) is 73.2 cm³/mol. The van der Waals surface area contributed by atoms with Gasteiger partial charge in [0.05, 0.1) is 6.26 Å². The number of hydrogen-bond acceptors (Lipinski definition) is 1. The molecule has 84 valence electrons. The lowest BCUT2D eigenvalue weighted by Gasteiger charge is -2.09. The van der Waals surface area contributed by atoms with Gasteiger partial charge >= 0.3 is 0 Å². The highest BCUT2D eigenvalue weighted by molar-refractivity contribution is 9.10. The average Bonchev–Trinajstić information content (AvgIpc) is 2.68. The molecule has 1 unspecified atom stereocenters. The SMILES string of the molecule is Clc1ccccc1CC(Br)c1ccoc1Br. The number of hydrogen-bond donors (Lipinski definition) is 0. The van der Waals surface area contributed by atoms with Crippen molar-refractivity contribution >= 4 is 43.5 Å². The van der Waals surface area contributed by atoms with E-state index in [4.69, 9.17) is 16.0 Å². The Labute approximate surface area is 116 Å². The molecule has 1 atom stereocenters. The van der Waals surface area contributed by atoms with Crippen LogP contribution in [0.25, 0.3) is 0 Å². The summed E-state index contributed by atoms with van der Waals surface area (Å²) in [7, 11) is 0. The van der Waals surface area contributed by atoms with Gasteiger partial charge in [0.2, 0.25) is 0 Å². The minimum atomic E-state index is 0.195. The van der Waals surface area contributed by atoms with Crippen LogP contribution in [0.15, 0.2) is 45.7 Å². The first kappa shape index (κ1) is 12.2. The number of rotatable bonds is 3. The second-order valence-electron chi connectivity index (χ2n) is 3.41. The largest absolute Gasteiger partial charge is 0.457 e. The third kappa shape index (κ3) is 2.70. The number of halogens is 3. The summed E-state index contributed by atoms with van der Waals surface area (Å²) in [6, 6.07) is 9.81. The first-order valence-corrected chi connectivity index (χ1v) is 6.87. The Morgan fingerprint density at radius 2 is 2.00 bits per heavy atom. The van der Waals surface area contributed by atoms with E-state index in [2.05, 4.69) is 31.9 Å². The van der Waals surface area contributed by atoms with E-state index < -0.39 is 0 Å². The van der Waals surface area contributed by atoms with Crippen LogP contribution < -0.4 is 0 Å². The predicted octanol–water partition coefficient (Wildman–Crippen LogP) is 5.37. The van der Waals surface area contributed by atoms with Gasteiger partial charge in [-0.15, -0.1) is 0 Å². The Kier molecular flexibility index (Phi) is 4.11. The summed E-state index contributed by atoms with van der Waals surface area (Å²) in [5.74, 6) is 0. The van der Waals surface area contributed by atoms with Gasteiger partial charge in [0.25, 0.3) is 0 Å². The molecule has 16 heavy (non-hydrogen) atoms. The van der Waals surface area contributed by atoms with Gasteiger partial charge in [-0.05, 0) is 40.0 Å². The molecular formula is C12H9Br2ClO. The lowest BCUT2D eigenvalue weighted by molar-refractivity contribution is 0.536. The second-order valence-corrected chi connectivity index (χ2v) is 5.65. The normalized spacial score (nSPS) is 12.7. The molecule has 0 saturated carbocycles. The van der Waals surface area contributed by atoms with Crippen molar-refractivity contribution in [2.75, 3.05) is 0 Å². The maximum Gasteiger partial charge on any atom is 0.173 e. The maximum absolute atomic E-state index is 6.11. The van der Waals surface area contributed by atoms with E-state index in [1.807, 2.05) is 30.3 Å². The molecule has 0 fully saturated rings. The van der Waals surface area contributed by atoms with Gasteiger partial charge in [-0.3, -0.25) is 0 Å². The summed E-state index contributed by atoms with van der Waals surface area (Å²) in [4.78, 5) is 0.195. The quantitative estimate of drug-likeness (QED) is 0.667. The van der Waals surface area contributed by atoms with Crippen LogP contribution in [0.3, 0.4) is 0 Å². The number of benzene rings is 1. The molecule has 0 spiro atoms. The van der Waals surface area contributed by atoms with Gasteiger partial charge in [-0.1, -0.05) is 45.7 Å². The first-order valence-electron chi connectivity index (χ1n) is 4.79. The van der Waals surface area contributed by atoms with Crippen LogP contribution in [-0.4, -0.2) is 0 Å². The van der Waals surface area contributed by atoms with Crippen LogP contribution in [-0.2, 0) is 6.42 Å². The summed E-state index contributed by atoms with van der Waals surface area (Å²) in [6.45, 7) is 0. The molecular weight excluding hydrogens is 355 g/mol. The van der Waals surface area contributed by atoms with Crippen LogP contribution >= 0.6 is 43.5 Å². The van der Waals surface area contributed by atoms with Crippen LogP contribution in [0.4, 0.5) is 0 Å². The van der Waals surface area contributed by atoms with Crippen molar-refractivity contribution in [2.24, 2.45) is 0 Å². The fraction of sp³-hybridized carbons (Fsp3) is 0.167. The molecule has 0 aliphatic rings. The highest BCUT2D eigenvalue weighted by Crippen LogP contribution is 2.34. The zero-order valence-electron chi connectivity index (χ0n) is 8.29. The van der Waals surface area contributed by atoms with Crippen molar-refractivity contribution in [1.82, 2.24) is 0 Å². The second kappa shape index (κ2) is 5.39. The van der Waals surface area contributed by atoms with Gasteiger partial charge in [0, 0.05) is 15.4 Å². The Morgan fingerprint density at radius 3 is 2.62 bits per heavy atom. The Morgan fingerprint density at radius 1 is 1.25 bits per heavy atom. The van der Waals surface area contributed by atoms with E-state index in [1.165, 1.54) is 0 Å². The molecule has 1 nitrogen and oxygen atoms in total. The summed E-state index contributed by atoms with van der Waals surface area (Å²) < 4.78 is 5.97. The van der Waals surface area contributed by atoms with Crippen LogP contribution in [0.2, 0.25) is 5.02 Å².